The Morgan fingerprint density at radius 3 is 2.73 bits per heavy atom. The van der Waals surface area contributed by atoms with Crippen molar-refractivity contribution in [3.8, 4) is 0 Å². The molecule has 8 heteroatoms. The highest BCUT2D eigenvalue weighted by Gasteiger charge is 2.29. The van der Waals surface area contributed by atoms with Gasteiger partial charge < -0.3 is 10.1 Å². The number of thioether (sulfide) groups is 1. The zero-order chi connectivity index (χ0) is 16.2. The van der Waals surface area contributed by atoms with Crippen LogP contribution in [0.25, 0.3) is 0 Å². The van der Waals surface area contributed by atoms with Gasteiger partial charge in [0.15, 0.2) is 16.4 Å². The molecule has 120 valence electrons. The van der Waals surface area contributed by atoms with Gasteiger partial charge >= 0.3 is 5.97 Å². The zero-order valence-corrected chi connectivity index (χ0v) is 13.7. The number of amides is 1. The van der Waals surface area contributed by atoms with Crippen molar-refractivity contribution in [1.82, 2.24) is 5.32 Å². The molecule has 0 unspecified atom stereocenters. The smallest absolute Gasteiger partial charge is 0.339 e. The van der Waals surface area contributed by atoms with Crippen LogP contribution in [-0.4, -0.2) is 50.7 Å². The highest BCUT2D eigenvalue weighted by atomic mass is 32.2. The van der Waals surface area contributed by atoms with Gasteiger partial charge in [0, 0.05) is 10.9 Å². The number of sulfone groups is 1. The van der Waals surface area contributed by atoms with Crippen molar-refractivity contribution in [1.29, 1.82) is 0 Å². The van der Waals surface area contributed by atoms with Crippen LogP contribution >= 0.6 is 11.8 Å². The number of rotatable bonds is 5. The molecule has 0 aliphatic carbocycles. The van der Waals surface area contributed by atoms with E-state index in [9.17, 15) is 18.0 Å². The van der Waals surface area contributed by atoms with Gasteiger partial charge in [-0.15, -0.1) is 11.8 Å². The van der Waals surface area contributed by atoms with Crippen LogP contribution in [0.3, 0.4) is 0 Å². The Bertz CT molecular complexity index is 672. The second-order valence-corrected chi connectivity index (χ2v) is 8.02. The molecule has 1 heterocycles. The lowest BCUT2D eigenvalue weighted by atomic mass is 10.2. The molecular weight excluding hydrogens is 326 g/mol. The van der Waals surface area contributed by atoms with E-state index in [-0.39, 0.29) is 11.5 Å². The van der Waals surface area contributed by atoms with E-state index in [2.05, 4.69) is 5.32 Å². The number of ether oxygens (including phenoxy) is 1. The van der Waals surface area contributed by atoms with Crippen LogP contribution in [0.15, 0.2) is 29.2 Å². The molecule has 0 aromatic heterocycles. The molecule has 1 amide bonds. The van der Waals surface area contributed by atoms with Crippen molar-refractivity contribution in [3.05, 3.63) is 29.8 Å². The average Bonchev–Trinajstić information content (AvgIpc) is 2.83. The van der Waals surface area contributed by atoms with E-state index in [1.165, 1.54) is 11.8 Å². The van der Waals surface area contributed by atoms with Crippen LogP contribution in [0, 0.1) is 0 Å². The van der Waals surface area contributed by atoms with Gasteiger partial charge in [-0.3, -0.25) is 4.79 Å². The summed E-state index contributed by atoms with van der Waals surface area (Å²) in [5.41, 5.74) is 0.409. The van der Waals surface area contributed by atoms with Crippen molar-refractivity contribution in [2.75, 3.05) is 24.4 Å². The summed E-state index contributed by atoms with van der Waals surface area (Å²) in [5.74, 6) is -1.03. The first-order valence-corrected chi connectivity index (χ1v) is 9.76. The summed E-state index contributed by atoms with van der Waals surface area (Å²) >= 11 is 1.42. The van der Waals surface area contributed by atoms with Gasteiger partial charge in [-0.1, -0.05) is 12.1 Å². The predicted molar refractivity (Wildman–Crippen MR) is 83.7 cm³/mol. The van der Waals surface area contributed by atoms with Gasteiger partial charge in [-0.2, -0.15) is 0 Å². The summed E-state index contributed by atoms with van der Waals surface area (Å²) < 4.78 is 27.6. The topological polar surface area (TPSA) is 89.5 Å². The quantitative estimate of drug-likeness (QED) is 0.630. The minimum Gasteiger partial charge on any atom is -0.452 e. The molecule has 1 aromatic carbocycles. The number of hydrogen-bond acceptors (Lipinski definition) is 6. The lowest BCUT2D eigenvalue weighted by molar-refractivity contribution is -0.124. The van der Waals surface area contributed by atoms with Crippen LogP contribution < -0.4 is 5.32 Å². The molecule has 1 atom stereocenters. The SMILES string of the molecule is CSc1ccccc1C(=O)OCC(=O)N[C@H]1CCS(=O)(=O)C1. The zero-order valence-electron chi connectivity index (χ0n) is 12.1. The highest BCUT2D eigenvalue weighted by Crippen LogP contribution is 2.20. The van der Waals surface area contributed by atoms with Crippen LogP contribution in [0.4, 0.5) is 0 Å². The number of esters is 1. The largest absolute Gasteiger partial charge is 0.452 e. The number of nitrogens with one attached hydrogen (secondary N) is 1. The summed E-state index contributed by atoms with van der Waals surface area (Å²) in [6.45, 7) is -0.419. The maximum atomic E-state index is 12.0. The Morgan fingerprint density at radius 1 is 1.36 bits per heavy atom. The van der Waals surface area contributed by atoms with Gasteiger partial charge in [-0.25, -0.2) is 13.2 Å². The third kappa shape index (κ3) is 4.48. The third-order valence-corrected chi connectivity index (χ3v) is 5.82. The number of benzene rings is 1. The molecular formula is C14H17NO5S2. The van der Waals surface area contributed by atoms with Crippen molar-refractivity contribution in [2.45, 2.75) is 17.4 Å². The lowest BCUT2D eigenvalue weighted by Gasteiger charge is -2.11. The van der Waals surface area contributed by atoms with E-state index in [1.54, 1.807) is 18.2 Å². The minimum absolute atomic E-state index is 0.0536. The highest BCUT2D eigenvalue weighted by molar-refractivity contribution is 7.98. The summed E-state index contributed by atoms with van der Waals surface area (Å²) in [5, 5.41) is 2.57. The molecule has 0 saturated carbocycles. The van der Waals surface area contributed by atoms with E-state index in [0.717, 1.165) is 4.90 Å². The van der Waals surface area contributed by atoms with E-state index < -0.39 is 34.4 Å². The minimum atomic E-state index is -3.05. The van der Waals surface area contributed by atoms with E-state index in [4.69, 9.17) is 4.74 Å². The first-order valence-electron chi connectivity index (χ1n) is 6.71. The number of hydrogen-bond donors (Lipinski definition) is 1. The Kier molecular flexibility index (Phi) is 5.47. The first-order chi connectivity index (χ1) is 10.4. The second kappa shape index (κ2) is 7.15. The molecule has 1 N–H and O–H groups in total. The fraction of sp³-hybridized carbons (Fsp3) is 0.429. The van der Waals surface area contributed by atoms with Crippen molar-refractivity contribution >= 4 is 33.5 Å². The molecule has 2 rings (SSSR count). The number of carbonyl (C=O) groups is 2. The molecule has 1 aliphatic rings. The van der Waals surface area contributed by atoms with Crippen LogP contribution in [0.2, 0.25) is 0 Å². The van der Waals surface area contributed by atoms with Gasteiger partial charge in [0.1, 0.15) is 0 Å². The van der Waals surface area contributed by atoms with Crippen LogP contribution in [-0.2, 0) is 19.4 Å². The molecule has 0 bridgehead atoms. The Labute approximate surface area is 133 Å². The molecule has 22 heavy (non-hydrogen) atoms. The monoisotopic (exact) mass is 343 g/mol. The van der Waals surface area contributed by atoms with Crippen molar-refractivity contribution < 1.29 is 22.7 Å². The Hall–Kier alpha value is -1.54. The number of carbonyl (C=O) groups excluding carboxylic acids is 2. The van der Waals surface area contributed by atoms with Crippen molar-refractivity contribution in [2.24, 2.45) is 0 Å². The summed E-state index contributed by atoms with van der Waals surface area (Å²) in [6.07, 6.45) is 2.25. The molecule has 1 aliphatic heterocycles. The van der Waals surface area contributed by atoms with Gasteiger partial charge in [0.05, 0.1) is 17.1 Å². The molecule has 1 aromatic rings. The Morgan fingerprint density at radius 2 is 2.09 bits per heavy atom. The Balaban J connectivity index is 1.85. The maximum Gasteiger partial charge on any atom is 0.339 e. The third-order valence-electron chi connectivity index (χ3n) is 3.26. The summed E-state index contributed by atoms with van der Waals surface area (Å²) in [6, 6.07) is 6.57. The fourth-order valence-electron chi connectivity index (χ4n) is 2.20. The molecule has 1 fully saturated rings. The molecule has 0 spiro atoms. The standard InChI is InChI=1S/C14H17NO5S2/c1-21-12-5-3-2-4-11(12)14(17)20-8-13(16)15-10-6-7-22(18,19)9-10/h2-5,10H,6-9H2,1H3,(H,15,16)/t10-/m0/s1. The summed E-state index contributed by atoms with van der Waals surface area (Å²) in [7, 11) is -3.05. The first kappa shape index (κ1) is 16.8. The van der Waals surface area contributed by atoms with E-state index in [1.807, 2.05) is 12.3 Å². The van der Waals surface area contributed by atoms with Gasteiger partial charge in [-0.05, 0) is 24.8 Å². The molecule has 1 saturated heterocycles. The van der Waals surface area contributed by atoms with Crippen molar-refractivity contribution in [3.63, 3.8) is 0 Å². The lowest BCUT2D eigenvalue weighted by Crippen LogP contribution is -2.38. The van der Waals surface area contributed by atoms with Gasteiger partial charge in [0.25, 0.3) is 5.91 Å². The predicted octanol–water partition coefficient (Wildman–Crippen LogP) is 0.869. The second-order valence-electron chi connectivity index (χ2n) is 4.94. The van der Waals surface area contributed by atoms with E-state index >= 15 is 0 Å². The average molecular weight is 343 g/mol. The molecule has 6 nitrogen and oxygen atoms in total. The van der Waals surface area contributed by atoms with Crippen LogP contribution in [0.1, 0.15) is 16.8 Å². The molecule has 0 radical (unpaired) electrons. The fourth-order valence-corrected chi connectivity index (χ4v) is 4.46. The van der Waals surface area contributed by atoms with Crippen LogP contribution in [0.5, 0.6) is 0 Å². The maximum absolute atomic E-state index is 12.0. The normalized spacial score (nSPS) is 19.6. The van der Waals surface area contributed by atoms with Gasteiger partial charge in [0.2, 0.25) is 0 Å². The van der Waals surface area contributed by atoms with E-state index in [0.29, 0.717) is 12.0 Å². The summed E-state index contributed by atoms with van der Waals surface area (Å²) in [4.78, 5) is 24.4.